The predicted octanol–water partition coefficient (Wildman–Crippen LogP) is 8.94. The van der Waals surface area contributed by atoms with Crippen molar-refractivity contribution in [1.82, 2.24) is 0 Å². The molecular formula is C44H80O10. The van der Waals surface area contributed by atoms with E-state index in [9.17, 15) is 30.0 Å². The molecule has 1 saturated heterocycles. The second-order valence-corrected chi connectivity index (χ2v) is 15.2. The topological polar surface area (TPSA) is 152 Å². The molecule has 10 heteroatoms. The summed E-state index contributed by atoms with van der Waals surface area (Å²) in [5.74, 6) is -0.817. The Hall–Kier alpha value is -1.82. The molecule has 0 aliphatic carbocycles. The van der Waals surface area contributed by atoms with E-state index >= 15 is 0 Å². The number of aliphatic hydroxyl groups is 4. The molecule has 10 nitrogen and oxygen atoms in total. The smallest absolute Gasteiger partial charge is 0.306 e. The number of carbonyl (C=O) groups is 2. The van der Waals surface area contributed by atoms with Gasteiger partial charge in [0.25, 0.3) is 0 Å². The Morgan fingerprint density at radius 1 is 0.574 bits per heavy atom. The van der Waals surface area contributed by atoms with Crippen molar-refractivity contribution in [2.24, 2.45) is 0 Å². The number of esters is 2. The molecule has 0 amide bonds. The first-order chi connectivity index (χ1) is 26.3. The molecule has 1 heterocycles. The SMILES string of the molecule is CCCC/C=C/C/C=C/CCCCCCCC(=O)OC[C@H](CO[C@@H]1O[C@H](CO)[C@H](O)C(O)C1O)OC(=O)CCCCCCCCCCCCCCCCC. The van der Waals surface area contributed by atoms with Gasteiger partial charge in [0, 0.05) is 12.8 Å². The van der Waals surface area contributed by atoms with Crippen molar-refractivity contribution in [3.05, 3.63) is 24.3 Å². The van der Waals surface area contributed by atoms with Gasteiger partial charge < -0.3 is 39.4 Å². The summed E-state index contributed by atoms with van der Waals surface area (Å²) >= 11 is 0. The van der Waals surface area contributed by atoms with Crippen LogP contribution >= 0.6 is 0 Å². The number of unbranched alkanes of at least 4 members (excludes halogenated alkanes) is 21. The molecule has 0 aromatic rings. The maximum absolute atomic E-state index is 12.7. The molecule has 6 atom stereocenters. The maximum atomic E-state index is 12.7. The second-order valence-electron chi connectivity index (χ2n) is 15.2. The zero-order valence-corrected chi connectivity index (χ0v) is 34.2. The van der Waals surface area contributed by atoms with E-state index in [4.69, 9.17) is 18.9 Å². The van der Waals surface area contributed by atoms with Gasteiger partial charge in [0.15, 0.2) is 12.4 Å². The molecule has 1 rings (SSSR count). The number of hydrogen-bond donors (Lipinski definition) is 4. The largest absolute Gasteiger partial charge is 0.462 e. The summed E-state index contributed by atoms with van der Waals surface area (Å²) in [6.45, 7) is 3.37. The van der Waals surface area contributed by atoms with E-state index < -0.39 is 49.4 Å². The predicted molar refractivity (Wildman–Crippen MR) is 215 cm³/mol. The van der Waals surface area contributed by atoms with E-state index in [2.05, 4.69) is 38.2 Å². The zero-order chi connectivity index (χ0) is 39.5. The average molecular weight is 769 g/mol. The Labute approximate surface area is 328 Å². The van der Waals surface area contributed by atoms with E-state index in [0.29, 0.717) is 12.8 Å². The van der Waals surface area contributed by atoms with Crippen molar-refractivity contribution >= 4 is 11.9 Å². The minimum Gasteiger partial charge on any atom is -0.462 e. The first-order valence-electron chi connectivity index (χ1n) is 21.9. The van der Waals surface area contributed by atoms with Crippen molar-refractivity contribution in [1.29, 1.82) is 0 Å². The molecule has 4 N–H and O–H groups in total. The van der Waals surface area contributed by atoms with E-state index in [1.807, 2.05) is 0 Å². The number of allylic oxidation sites excluding steroid dienone is 4. The fraction of sp³-hybridized carbons (Fsp3) is 0.864. The van der Waals surface area contributed by atoms with Crippen molar-refractivity contribution in [2.75, 3.05) is 19.8 Å². The third-order valence-electron chi connectivity index (χ3n) is 10.1. The summed E-state index contributed by atoms with van der Waals surface area (Å²) in [6, 6.07) is 0. The van der Waals surface area contributed by atoms with Crippen molar-refractivity contribution < 1.29 is 49.0 Å². The van der Waals surface area contributed by atoms with Crippen molar-refractivity contribution in [2.45, 2.75) is 224 Å². The summed E-state index contributed by atoms with van der Waals surface area (Å²) < 4.78 is 22.1. The Morgan fingerprint density at radius 3 is 1.59 bits per heavy atom. The van der Waals surface area contributed by atoms with Gasteiger partial charge in [0.05, 0.1) is 13.2 Å². The average Bonchev–Trinajstić information content (AvgIpc) is 3.17. The van der Waals surface area contributed by atoms with Crippen LogP contribution in [-0.4, -0.2) is 89.0 Å². The van der Waals surface area contributed by atoms with Gasteiger partial charge in [-0.3, -0.25) is 9.59 Å². The fourth-order valence-electron chi connectivity index (χ4n) is 6.56. The van der Waals surface area contributed by atoms with Gasteiger partial charge in [-0.1, -0.05) is 160 Å². The molecular weight excluding hydrogens is 688 g/mol. The Kier molecular flexibility index (Phi) is 33.1. The van der Waals surface area contributed by atoms with Crippen LogP contribution in [0.2, 0.25) is 0 Å². The summed E-state index contributed by atoms with van der Waals surface area (Å²) in [6.07, 6.45) is 30.4. The van der Waals surface area contributed by atoms with Gasteiger partial charge in [-0.15, -0.1) is 0 Å². The zero-order valence-electron chi connectivity index (χ0n) is 34.2. The van der Waals surface area contributed by atoms with Crippen LogP contribution in [-0.2, 0) is 28.5 Å². The summed E-state index contributed by atoms with van der Waals surface area (Å²) in [4.78, 5) is 25.3. The van der Waals surface area contributed by atoms with E-state index in [0.717, 1.165) is 64.2 Å². The van der Waals surface area contributed by atoms with E-state index in [1.54, 1.807) is 0 Å². The Bertz CT molecular complexity index is 938. The van der Waals surface area contributed by atoms with Crippen LogP contribution in [0.5, 0.6) is 0 Å². The number of aliphatic hydroxyl groups excluding tert-OH is 4. The van der Waals surface area contributed by atoms with Crippen LogP contribution in [0.4, 0.5) is 0 Å². The normalized spacial score (nSPS) is 20.9. The van der Waals surface area contributed by atoms with Gasteiger partial charge in [-0.2, -0.15) is 0 Å². The van der Waals surface area contributed by atoms with Gasteiger partial charge in [-0.05, 0) is 38.5 Å². The minimum absolute atomic E-state index is 0.221. The monoisotopic (exact) mass is 769 g/mol. The molecule has 1 aliphatic heterocycles. The lowest BCUT2D eigenvalue weighted by Gasteiger charge is -2.39. The molecule has 54 heavy (non-hydrogen) atoms. The van der Waals surface area contributed by atoms with Gasteiger partial charge in [-0.25, -0.2) is 0 Å². The molecule has 1 aliphatic rings. The lowest BCUT2D eigenvalue weighted by molar-refractivity contribution is -0.305. The molecule has 316 valence electrons. The highest BCUT2D eigenvalue weighted by Gasteiger charge is 2.44. The lowest BCUT2D eigenvalue weighted by Crippen LogP contribution is -2.59. The van der Waals surface area contributed by atoms with Crippen LogP contribution in [0.15, 0.2) is 24.3 Å². The molecule has 2 unspecified atom stereocenters. The van der Waals surface area contributed by atoms with E-state index in [1.165, 1.54) is 83.5 Å². The van der Waals surface area contributed by atoms with Crippen LogP contribution in [0.1, 0.15) is 187 Å². The van der Waals surface area contributed by atoms with E-state index in [-0.39, 0.29) is 32.0 Å². The van der Waals surface area contributed by atoms with Crippen molar-refractivity contribution in [3.8, 4) is 0 Å². The molecule has 0 radical (unpaired) electrons. The first kappa shape index (κ1) is 50.2. The van der Waals surface area contributed by atoms with Crippen LogP contribution in [0.3, 0.4) is 0 Å². The second kappa shape index (κ2) is 35.6. The van der Waals surface area contributed by atoms with Gasteiger partial charge in [0.2, 0.25) is 0 Å². The highest BCUT2D eigenvalue weighted by Crippen LogP contribution is 2.23. The van der Waals surface area contributed by atoms with Crippen LogP contribution < -0.4 is 0 Å². The minimum atomic E-state index is -1.59. The number of carbonyl (C=O) groups excluding carboxylic acids is 2. The quantitative estimate of drug-likeness (QED) is 0.0276. The summed E-state index contributed by atoms with van der Waals surface area (Å²) in [7, 11) is 0. The highest BCUT2D eigenvalue weighted by atomic mass is 16.7. The Morgan fingerprint density at radius 2 is 1.06 bits per heavy atom. The fourth-order valence-corrected chi connectivity index (χ4v) is 6.56. The molecule has 0 bridgehead atoms. The molecule has 0 aromatic carbocycles. The summed E-state index contributed by atoms with van der Waals surface area (Å²) in [5.41, 5.74) is 0. The standard InChI is InChI=1S/C44H80O10/c1-3-5-7-9-11-13-15-17-19-21-23-25-27-29-31-33-40(47)53-37(36-52-44-43(50)42(49)41(48)38(34-45)54-44)35-51-39(46)32-30-28-26-24-22-20-18-16-14-12-10-8-6-4-2/h10,12,16,18,37-38,41-45,48-50H,3-9,11,13-15,17,19-36H2,1-2H3/b12-10+,18-16+/t37-,38-,41+,42?,43?,44-/m1/s1. The molecule has 0 spiro atoms. The molecule has 0 aromatic heterocycles. The van der Waals surface area contributed by atoms with Gasteiger partial charge >= 0.3 is 11.9 Å². The van der Waals surface area contributed by atoms with Gasteiger partial charge in [0.1, 0.15) is 31.0 Å². The molecule has 0 saturated carbocycles. The first-order valence-corrected chi connectivity index (χ1v) is 21.9. The van der Waals surface area contributed by atoms with Crippen LogP contribution in [0.25, 0.3) is 0 Å². The van der Waals surface area contributed by atoms with Crippen molar-refractivity contribution in [3.63, 3.8) is 0 Å². The summed E-state index contributed by atoms with van der Waals surface area (Å²) in [5, 5.41) is 40.0. The van der Waals surface area contributed by atoms with Crippen LogP contribution in [0, 0.1) is 0 Å². The highest BCUT2D eigenvalue weighted by molar-refractivity contribution is 5.70. The number of ether oxygens (including phenoxy) is 4. The third-order valence-corrected chi connectivity index (χ3v) is 10.1. The molecule has 1 fully saturated rings. The number of hydrogen-bond acceptors (Lipinski definition) is 10. The Balaban J connectivity index is 2.35. The lowest BCUT2D eigenvalue weighted by atomic mass is 9.99. The third kappa shape index (κ3) is 26.9. The maximum Gasteiger partial charge on any atom is 0.306 e. The number of rotatable bonds is 36.